The Morgan fingerprint density at radius 1 is 1.32 bits per heavy atom. The molecule has 3 aromatic rings. The highest BCUT2D eigenvalue weighted by Crippen LogP contribution is 2.24. The van der Waals surface area contributed by atoms with Crippen LogP contribution in [0.5, 0.6) is 0 Å². The standard InChI is InChI=1S/C14H12ClN3S/c1-9(17-14-4-2-3-13(15)18-14)10-7-12-11(16-8-10)5-6-19-12/h2-9H,1H3,(H,17,18). The largest absolute Gasteiger partial charge is 0.363 e. The second-order valence-electron chi connectivity index (χ2n) is 4.28. The van der Waals surface area contributed by atoms with Gasteiger partial charge in [0.05, 0.1) is 16.3 Å². The number of aromatic nitrogens is 2. The third-order valence-electron chi connectivity index (χ3n) is 2.90. The monoisotopic (exact) mass is 289 g/mol. The normalized spacial score (nSPS) is 12.5. The number of nitrogens with zero attached hydrogens (tertiary/aromatic N) is 2. The van der Waals surface area contributed by atoms with Gasteiger partial charge in [-0.15, -0.1) is 11.3 Å². The molecule has 3 aromatic heterocycles. The van der Waals surface area contributed by atoms with Gasteiger partial charge in [0, 0.05) is 6.20 Å². The number of pyridine rings is 2. The van der Waals surface area contributed by atoms with Crippen molar-refractivity contribution in [2.75, 3.05) is 5.32 Å². The summed E-state index contributed by atoms with van der Waals surface area (Å²) in [5, 5.41) is 5.87. The molecule has 0 aliphatic heterocycles. The molecule has 5 heteroatoms. The Morgan fingerprint density at radius 2 is 2.21 bits per heavy atom. The number of nitrogens with one attached hydrogen (secondary N) is 1. The number of halogens is 1. The van der Waals surface area contributed by atoms with Crippen molar-refractivity contribution in [3.05, 3.63) is 52.6 Å². The van der Waals surface area contributed by atoms with E-state index in [1.807, 2.05) is 24.4 Å². The summed E-state index contributed by atoms with van der Waals surface area (Å²) in [5.74, 6) is 0.770. The van der Waals surface area contributed by atoms with Crippen molar-refractivity contribution in [2.24, 2.45) is 0 Å². The van der Waals surface area contributed by atoms with E-state index >= 15 is 0 Å². The minimum absolute atomic E-state index is 0.130. The Labute approximate surface area is 120 Å². The Morgan fingerprint density at radius 3 is 3.05 bits per heavy atom. The summed E-state index contributed by atoms with van der Waals surface area (Å²) in [6, 6.07) is 9.86. The summed E-state index contributed by atoms with van der Waals surface area (Å²) in [6.45, 7) is 2.08. The molecule has 0 radical (unpaired) electrons. The maximum atomic E-state index is 5.88. The highest BCUT2D eigenvalue weighted by atomic mass is 35.5. The van der Waals surface area contributed by atoms with Gasteiger partial charge in [0.2, 0.25) is 0 Å². The molecule has 19 heavy (non-hydrogen) atoms. The van der Waals surface area contributed by atoms with Crippen LogP contribution in [0.4, 0.5) is 5.82 Å². The van der Waals surface area contributed by atoms with Crippen LogP contribution >= 0.6 is 22.9 Å². The zero-order chi connectivity index (χ0) is 13.2. The van der Waals surface area contributed by atoms with Crippen molar-refractivity contribution in [1.29, 1.82) is 0 Å². The first-order valence-electron chi connectivity index (χ1n) is 5.94. The zero-order valence-electron chi connectivity index (χ0n) is 10.3. The molecule has 1 N–H and O–H groups in total. The number of anilines is 1. The van der Waals surface area contributed by atoms with E-state index in [4.69, 9.17) is 11.6 Å². The van der Waals surface area contributed by atoms with Crippen LogP contribution in [0, 0.1) is 0 Å². The van der Waals surface area contributed by atoms with Gasteiger partial charge in [0.1, 0.15) is 11.0 Å². The average Bonchev–Trinajstić information content (AvgIpc) is 2.85. The summed E-state index contributed by atoms with van der Waals surface area (Å²) < 4.78 is 1.20. The number of hydrogen-bond donors (Lipinski definition) is 1. The topological polar surface area (TPSA) is 37.8 Å². The van der Waals surface area contributed by atoms with Gasteiger partial charge in [-0.25, -0.2) is 4.98 Å². The van der Waals surface area contributed by atoms with E-state index in [0.29, 0.717) is 5.15 Å². The van der Waals surface area contributed by atoms with Crippen LogP contribution in [0.1, 0.15) is 18.5 Å². The van der Waals surface area contributed by atoms with Crippen molar-refractivity contribution in [3.8, 4) is 0 Å². The average molecular weight is 290 g/mol. The van der Waals surface area contributed by atoms with Crippen LogP contribution in [0.2, 0.25) is 5.15 Å². The molecule has 0 fully saturated rings. The third kappa shape index (κ3) is 2.69. The Balaban J connectivity index is 1.84. The van der Waals surface area contributed by atoms with Crippen LogP contribution in [-0.4, -0.2) is 9.97 Å². The molecule has 0 bridgehead atoms. The highest BCUT2D eigenvalue weighted by molar-refractivity contribution is 7.17. The molecule has 0 spiro atoms. The lowest BCUT2D eigenvalue weighted by atomic mass is 10.1. The maximum absolute atomic E-state index is 5.88. The van der Waals surface area contributed by atoms with E-state index in [0.717, 1.165) is 16.9 Å². The highest BCUT2D eigenvalue weighted by Gasteiger charge is 2.08. The first kappa shape index (κ1) is 12.4. The summed E-state index contributed by atoms with van der Waals surface area (Å²) in [5.41, 5.74) is 2.18. The lowest BCUT2D eigenvalue weighted by Crippen LogP contribution is -2.08. The van der Waals surface area contributed by atoms with Crippen molar-refractivity contribution in [3.63, 3.8) is 0 Å². The fraction of sp³-hybridized carbons (Fsp3) is 0.143. The minimum atomic E-state index is 0.130. The third-order valence-corrected chi connectivity index (χ3v) is 3.97. The number of fused-ring (bicyclic) bond motifs is 1. The summed E-state index contributed by atoms with van der Waals surface area (Å²) in [6.07, 6.45) is 1.90. The summed E-state index contributed by atoms with van der Waals surface area (Å²) >= 11 is 7.58. The molecule has 1 unspecified atom stereocenters. The second-order valence-corrected chi connectivity index (χ2v) is 5.62. The van der Waals surface area contributed by atoms with Crippen molar-refractivity contribution in [1.82, 2.24) is 9.97 Å². The summed E-state index contributed by atoms with van der Waals surface area (Å²) in [7, 11) is 0. The molecule has 3 rings (SSSR count). The molecule has 0 aliphatic carbocycles. The van der Waals surface area contributed by atoms with E-state index in [1.165, 1.54) is 4.70 Å². The number of hydrogen-bond acceptors (Lipinski definition) is 4. The van der Waals surface area contributed by atoms with Gasteiger partial charge in [0.25, 0.3) is 0 Å². The Kier molecular flexibility index (Phi) is 3.36. The first-order valence-corrected chi connectivity index (χ1v) is 7.20. The van der Waals surface area contributed by atoms with Crippen LogP contribution in [0.3, 0.4) is 0 Å². The maximum Gasteiger partial charge on any atom is 0.131 e. The van der Waals surface area contributed by atoms with Gasteiger partial charge in [0.15, 0.2) is 0 Å². The van der Waals surface area contributed by atoms with E-state index in [-0.39, 0.29) is 6.04 Å². The fourth-order valence-electron chi connectivity index (χ4n) is 1.89. The van der Waals surface area contributed by atoms with Crippen LogP contribution in [0.25, 0.3) is 10.2 Å². The lowest BCUT2D eigenvalue weighted by Gasteiger charge is -2.14. The molecule has 0 saturated heterocycles. The molecular formula is C14H12ClN3S. The van der Waals surface area contributed by atoms with Crippen molar-refractivity contribution >= 4 is 39.0 Å². The van der Waals surface area contributed by atoms with E-state index in [9.17, 15) is 0 Å². The predicted molar refractivity (Wildman–Crippen MR) is 80.9 cm³/mol. The Bertz CT molecular complexity index is 710. The molecular weight excluding hydrogens is 278 g/mol. The lowest BCUT2D eigenvalue weighted by molar-refractivity contribution is 0.870. The smallest absolute Gasteiger partial charge is 0.131 e. The van der Waals surface area contributed by atoms with Crippen LogP contribution in [0.15, 0.2) is 41.9 Å². The second kappa shape index (κ2) is 5.15. The van der Waals surface area contributed by atoms with E-state index < -0.39 is 0 Å². The van der Waals surface area contributed by atoms with Crippen molar-refractivity contribution in [2.45, 2.75) is 13.0 Å². The molecule has 96 valence electrons. The van der Waals surface area contributed by atoms with Gasteiger partial charge in [-0.1, -0.05) is 17.7 Å². The fourth-order valence-corrected chi connectivity index (χ4v) is 2.85. The van der Waals surface area contributed by atoms with E-state index in [1.54, 1.807) is 17.4 Å². The van der Waals surface area contributed by atoms with Crippen molar-refractivity contribution < 1.29 is 0 Å². The quantitative estimate of drug-likeness (QED) is 0.721. The molecule has 0 amide bonds. The van der Waals surface area contributed by atoms with Crippen LogP contribution in [-0.2, 0) is 0 Å². The Hall–Kier alpha value is -1.65. The zero-order valence-corrected chi connectivity index (χ0v) is 11.9. The van der Waals surface area contributed by atoms with E-state index in [2.05, 4.69) is 33.7 Å². The number of rotatable bonds is 3. The molecule has 0 aromatic carbocycles. The molecule has 3 nitrogen and oxygen atoms in total. The minimum Gasteiger partial charge on any atom is -0.363 e. The van der Waals surface area contributed by atoms with Gasteiger partial charge < -0.3 is 5.32 Å². The van der Waals surface area contributed by atoms with Gasteiger partial charge in [-0.05, 0) is 42.1 Å². The predicted octanol–water partition coefficient (Wildman–Crippen LogP) is 4.52. The molecule has 3 heterocycles. The van der Waals surface area contributed by atoms with Gasteiger partial charge in [-0.3, -0.25) is 4.98 Å². The first-order chi connectivity index (χ1) is 9.22. The van der Waals surface area contributed by atoms with Gasteiger partial charge >= 0.3 is 0 Å². The molecule has 0 saturated carbocycles. The molecule has 1 atom stereocenters. The number of thiophene rings is 1. The molecule has 0 aliphatic rings. The summed E-state index contributed by atoms with van der Waals surface area (Å²) in [4.78, 5) is 8.67. The SMILES string of the molecule is CC(Nc1cccc(Cl)n1)c1cnc2ccsc2c1. The van der Waals surface area contributed by atoms with Crippen LogP contribution < -0.4 is 5.32 Å². The van der Waals surface area contributed by atoms with Gasteiger partial charge in [-0.2, -0.15) is 0 Å².